The third kappa shape index (κ3) is 4.55. The topological polar surface area (TPSA) is 51.6 Å². The van der Waals surface area contributed by atoms with E-state index < -0.39 is 0 Å². The van der Waals surface area contributed by atoms with Crippen molar-refractivity contribution in [3.8, 4) is 11.3 Å². The van der Waals surface area contributed by atoms with Gasteiger partial charge in [0.15, 0.2) is 0 Å². The Hall–Kier alpha value is -1.95. The standard InChI is InChI=1S/C28H40N4O/c1-27(2)11-12-28(3,4)22-18-20(8-9-21(22)27)23-6-5-7-26(30-23)32-16-14-31(15-17-32)19-24-25(33)10-13-29-24/h5-9,18,24-25,29,33H,10-17,19H2,1-4H3/t24-,25+/m1/s1. The summed E-state index contributed by atoms with van der Waals surface area (Å²) in [5.41, 5.74) is 5.71. The quantitative estimate of drug-likeness (QED) is 0.742. The Kier molecular flexibility index (Phi) is 6.00. The van der Waals surface area contributed by atoms with Gasteiger partial charge in [0.25, 0.3) is 0 Å². The van der Waals surface area contributed by atoms with Gasteiger partial charge in [-0.3, -0.25) is 4.90 Å². The van der Waals surface area contributed by atoms with E-state index in [-0.39, 0.29) is 23.0 Å². The number of nitrogens with zero attached hydrogens (tertiary/aromatic N) is 3. The maximum absolute atomic E-state index is 10.1. The summed E-state index contributed by atoms with van der Waals surface area (Å²) in [6.07, 6.45) is 3.14. The van der Waals surface area contributed by atoms with Crippen molar-refractivity contribution in [2.24, 2.45) is 0 Å². The van der Waals surface area contributed by atoms with Crippen LogP contribution in [0.1, 0.15) is 58.1 Å². The van der Waals surface area contributed by atoms with Crippen molar-refractivity contribution in [2.75, 3.05) is 44.2 Å². The maximum atomic E-state index is 10.1. The fourth-order valence-corrected chi connectivity index (χ4v) is 5.89. The van der Waals surface area contributed by atoms with Gasteiger partial charge in [0.05, 0.1) is 11.8 Å². The Balaban J connectivity index is 1.31. The number of aliphatic hydroxyl groups is 1. The molecule has 2 aliphatic heterocycles. The van der Waals surface area contributed by atoms with E-state index in [4.69, 9.17) is 4.98 Å². The number of fused-ring (bicyclic) bond motifs is 1. The number of nitrogens with one attached hydrogen (secondary N) is 1. The zero-order chi connectivity index (χ0) is 23.2. The molecule has 0 radical (unpaired) electrons. The zero-order valence-electron chi connectivity index (χ0n) is 20.8. The van der Waals surface area contributed by atoms with Crippen LogP contribution in [0.5, 0.6) is 0 Å². The van der Waals surface area contributed by atoms with Crippen molar-refractivity contribution in [1.82, 2.24) is 15.2 Å². The van der Waals surface area contributed by atoms with Crippen LogP contribution in [-0.4, -0.2) is 66.4 Å². The lowest BCUT2D eigenvalue weighted by Gasteiger charge is -2.42. The third-order valence-electron chi connectivity index (χ3n) is 8.35. The molecule has 0 spiro atoms. The van der Waals surface area contributed by atoms with Gasteiger partial charge in [-0.15, -0.1) is 0 Å². The summed E-state index contributed by atoms with van der Waals surface area (Å²) in [6, 6.07) is 13.7. The second kappa shape index (κ2) is 8.68. The van der Waals surface area contributed by atoms with Crippen LogP contribution >= 0.6 is 0 Å². The van der Waals surface area contributed by atoms with Crippen LogP contribution in [0, 0.1) is 0 Å². The number of hydrogen-bond acceptors (Lipinski definition) is 5. The highest BCUT2D eigenvalue weighted by Gasteiger charge is 2.37. The fraction of sp³-hybridized carbons (Fsp3) is 0.607. The molecule has 3 heterocycles. The molecule has 2 atom stereocenters. The number of hydrogen-bond donors (Lipinski definition) is 2. The molecule has 5 rings (SSSR count). The van der Waals surface area contributed by atoms with Crippen molar-refractivity contribution in [3.63, 3.8) is 0 Å². The van der Waals surface area contributed by atoms with Crippen LogP contribution in [0.15, 0.2) is 36.4 Å². The van der Waals surface area contributed by atoms with Gasteiger partial charge in [-0.25, -0.2) is 4.98 Å². The van der Waals surface area contributed by atoms with Crippen molar-refractivity contribution < 1.29 is 5.11 Å². The molecule has 2 saturated heterocycles. The molecule has 0 saturated carbocycles. The molecule has 3 aliphatic rings. The van der Waals surface area contributed by atoms with E-state index in [9.17, 15) is 5.11 Å². The van der Waals surface area contributed by atoms with Crippen LogP contribution in [0.3, 0.4) is 0 Å². The van der Waals surface area contributed by atoms with Crippen molar-refractivity contribution in [3.05, 3.63) is 47.5 Å². The molecule has 178 valence electrons. The van der Waals surface area contributed by atoms with Gasteiger partial charge >= 0.3 is 0 Å². The molecule has 2 N–H and O–H groups in total. The van der Waals surface area contributed by atoms with E-state index in [1.807, 2.05) is 0 Å². The van der Waals surface area contributed by atoms with Gasteiger partial charge in [0.2, 0.25) is 0 Å². The molecule has 0 unspecified atom stereocenters. The van der Waals surface area contributed by atoms with Crippen LogP contribution < -0.4 is 10.2 Å². The molecule has 2 aromatic rings. The molecular weight excluding hydrogens is 408 g/mol. The van der Waals surface area contributed by atoms with Gasteiger partial charge in [0.1, 0.15) is 5.82 Å². The van der Waals surface area contributed by atoms with Crippen molar-refractivity contribution >= 4 is 5.82 Å². The summed E-state index contributed by atoms with van der Waals surface area (Å²) in [5, 5.41) is 13.6. The first-order valence-electron chi connectivity index (χ1n) is 12.7. The maximum Gasteiger partial charge on any atom is 0.129 e. The van der Waals surface area contributed by atoms with E-state index in [1.165, 1.54) is 29.5 Å². The first-order valence-corrected chi connectivity index (χ1v) is 12.7. The monoisotopic (exact) mass is 448 g/mol. The molecule has 2 fully saturated rings. The van der Waals surface area contributed by atoms with E-state index in [1.54, 1.807) is 0 Å². The Labute approximate surface area is 199 Å². The molecule has 33 heavy (non-hydrogen) atoms. The first kappa shape index (κ1) is 22.8. The summed E-state index contributed by atoms with van der Waals surface area (Å²) in [7, 11) is 0. The molecule has 0 amide bonds. The van der Waals surface area contributed by atoms with Crippen LogP contribution in [0.25, 0.3) is 11.3 Å². The van der Waals surface area contributed by atoms with Crippen LogP contribution in [0.2, 0.25) is 0 Å². The summed E-state index contributed by atoms with van der Waals surface area (Å²) in [6.45, 7) is 15.4. The Morgan fingerprint density at radius 2 is 1.70 bits per heavy atom. The number of benzene rings is 1. The second-order valence-corrected chi connectivity index (χ2v) is 11.6. The van der Waals surface area contributed by atoms with E-state index in [0.29, 0.717) is 0 Å². The highest BCUT2D eigenvalue weighted by atomic mass is 16.3. The summed E-state index contributed by atoms with van der Waals surface area (Å²) in [5.74, 6) is 1.07. The lowest BCUT2D eigenvalue weighted by molar-refractivity contribution is 0.127. The minimum Gasteiger partial charge on any atom is -0.391 e. The molecule has 1 aromatic heterocycles. The average Bonchev–Trinajstić information content (AvgIpc) is 3.21. The van der Waals surface area contributed by atoms with Gasteiger partial charge in [-0.1, -0.05) is 45.9 Å². The van der Waals surface area contributed by atoms with E-state index in [0.717, 1.165) is 57.2 Å². The summed E-state index contributed by atoms with van der Waals surface area (Å²) in [4.78, 5) is 9.97. The second-order valence-electron chi connectivity index (χ2n) is 11.6. The van der Waals surface area contributed by atoms with Gasteiger partial charge < -0.3 is 15.3 Å². The number of aromatic nitrogens is 1. The molecule has 0 bridgehead atoms. The predicted molar refractivity (Wildman–Crippen MR) is 136 cm³/mol. The number of aliphatic hydroxyl groups excluding tert-OH is 1. The first-order chi connectivity index (χ1) is 15.7. The summed E-state index contributed by atoms with van der Waals surface area (Å²) >= 11 is 0. The molecular formula is C28H40N4O. The predicted octanol–water partition coefficient (Wildman–Crippen LogP) is 3.94. The molecule has 5 nitrogen and oxygen atoms in total. The van der Waals surface area contributed by atoms with Crippen molar-refractivity contribution in [2.45, 2.75) is 69.9 Å². The Morgan fingerprint density at radius 1 is 0.970 bits per heavy atom. The van der Waals surface area contributed by atoms with Crippen LogP contribution in [0.4, 0.5) is 5.82 Å². The zero-order valence-corrected chi connectivity index (χ0v) is 20.8. The normalized spacial score (nSPS) is 26.9. The highest BCUT2D eigenvalue weighted by Crippen LogP contribution is 2.46. The minimum absolute atomic E-state index is 0.200. The lowest BCUT2D eigenvalue weighted by atomic mass is 9.63. The largest absolute Gasteiger partial charge is 0.391 e. The minimum atomic E-state index is -0.200. The van der Waals surface area contributed by atoms with Gasteiger partial charge in [-0.05, 0) is 66.0 Å². The van der Waals surface area contributed by atoms with Crippen LogP contribution in [-0.2, 0) is 10.8 Å². The lowest BCUT2D eigenvalue weighted by Crippen LogP contribution is -2.51. The van der Waals surface area contributed by atoms with Gasteiger partial charge in [-0.2, -0.15) is 0 Å². The number of piperazine rings is 1. The number of pyridine rings is 1. The number of anilines is 1. The molecule has 1 aromatic carbocycles. The van der Waals surface area contributed by atoms with E-state index >= 15 is 0 Å². The number of rotatable bonds is 4. The molecule has 1 aliphatic carbocycles. The third-order valence-corrected chi connectivity index (χ3v) is 8.35. The van der Waals surface area contributed by atoms with Gasteiger partial charge in [0, 0.05) is 44.3 Å². The van der Waals surface area contributed by atoms with E-state index in [2.05, 4.69) is 79.2 Å². The summed E-state index contributed by atoms with van der Waals surface area (Å²) < 4.78 is 0. The smallest absolute Gasteiger partial charge is 0.129 e. The molecule has 5 heteroatoms. The Bertz CT molecular complexity index is 993. The highest BCUT2D eigenvalue weighted by molar-refractivity contribution is 5.65. The fourth-order valence-electron chi connectivity index (χ4n) is 5.89. The SMILES string of the molecule is CC1(C)CCC(C)(C)c2cc(-c3cccc(N4CCN(C[C@H]5NCC[C@@H]5O)CC4)n3)ccc21. The van der Waals surface area contributed by atoms with Crippen molar-refractivity contribution in [1.29, 1.82) is 0 Å². The average molecular weight is 449 g/mol. The Morgan fingerprint density at radius 3 is 2.39 bits per heavy atom.